The maximum absolute atomic E-state index is 12.6. The zero-order chi connectivity index (χ0) is 21.1. The Balaban J connectivity index is 1.80. The van der Waals surface area contributed by atoms with Crippen molar-refractivity contribution in [3.63, 3.8) is 0 Å². The van der Waals surface area contributed by atoms with Crippen LogP contribution < -0.4 is 20.1 Å². The molecule has 0 fully saturated rings. The van der Waals surface area contributed by atoms with Crippen molar-refractivity contribution in [2.75, 3.05) is 19.5 Å². The molecule has 0 atom stereocenters. The average Bonchev–Trinajstić information content (AvgIpc) is 3.03. The van der Waals surface area contributed by atoms with Gasteiger partial charge in [0.15, 0.2) is 5.11 Å². The topological polar surface area (TPSA) is 103 Å². The van der Waals surface area contributed by atoms with Gasteiger partial charge in [-0.2, -0.15) is 0 Å². The second-order valence-electron chi connectivity index (χ2n) is 5.66. The minimum absolute atomic E-state index is 0.0556. The molecule has 8 nitrogen and oxygen atoms in total. The molecule has 11 heteroatoms. The molecule has 29 heavy (non-hydrogen) atoms. The van der Waals surface area contributed by atoms with Gasteiger partial charge in [-0.15, -0.1) is 11.3 Å². The third kappa shape index (κ3) is 4.39. The monoisotopic (exact) mass is 451 g/mol. The number of rotatable bonds is 5. The molecule has 0 unspecified atom stereocenters. The summed E-state index contributed by atoms with van der Waals surface area (Å²) in [5.74, 6) is 0.480. The minimum Gasteiger partial charge on any atom is -0.497 e. The predicted molar refractivity (Wildman–Crippen MR) is 117 cm³/mol. The fourth-order valence-corrected chi connectivity index (χ4v) is 4.18. The van der Waals surface area contributed by atoms with Crippen LogP contribution in [-0.4, -0.2) is 30.2 Å². The largest absolute Gasteiger partial charge is 0.497 e. The summed E-state index contributed by atoms with van der Waals surface area (Å²) in [7, 11) is 2.97. The van der Waals surface area contributed by atoms with E-state index in [1.165, 1.54) is 36.6 Å². The number of nitrogens with one attached hydrogen (secondary N) is 2. The van der Waals surface area contributed by atoms with E-state index < -0.39 is 10.8 Å². The molecule has 0 saturated carbocycles. The van der Waals surface area contributed by atoms with E-state index >= 15 is 0 Å². The normalized spacial score (nSPS) is 10.4. The smallest absolute Gasteiger partial charge is 0.271 e. The first kappa shape index (κ1) is 20.8. The lowest BCUT2D eigenvalue weighted by Crippen LogP contribution is -2.33. The van der Waals surface area contributed by atoms with Crippen LogP contribution in [0.4, 0.5) is 11.4 Å². The molecule has 2 N–H and O–H groups in total. The van der Waals surface area contributed by atoms with Crippen LogP contribution in [0.1, 0.15) is 9.67 Å². The first-order valence-corrected chi connectivity index (χ1v) is 9.65. The maximum atomic E-state index is 12.6. The summed E-state index contributed by atoms with van der Waals surface area (Å²) >= 11 is 12.7. The minimum atomic E-state index is -0.544. The standard InChI is InChI=1S/C18H14ClN3O5S2/c1-26-10-4-5-11-14(8-10)29-16(15(11)19)17(23)21-18(28)20-12-7-9(22(24)25)3-6-13(12)27-2/h3-8H,1-2H3,(H2,20,21,23,28). The van der Waals surface area contributed by atoms with Gasteiger partial charge in [0.2, 0.25) is 0 Å². The summed E-state index contributed by atoms with van der Waals surface area (Å²) in [4.78, 5) is 23.4. The Morgan fingerprint density at radius 2 is 1.97 bits per heavy atom. The van der Waals surface area contributed by atoms with Crippen molar-refractivity contribution in [3.05, 3.63) is 56.4 Å². The molecule has 0 saturated heterocycles. The molecule has 0 radical (unpaired) electrons. The second kappa shape index (κ2) is 8.60. The summed E-state index contributed by atoms with van der Waals surface area (Å²) in [6.45, 7) is 0. The average molecular weight is 452 g/mol. The highest BCUT2D eigenvalue weighted by molar-refractivity contribution is 7.80. The second-order valence-corrected chi connectivity index (χ2v) is 7.50. The van der Waals surface area contributed by atoms with E-state index in [1.54, 1.807) is 25.3 Å². The number of hydrogen-bond donors (Lipinski definition) is 2. The number of amides is 1. The number of nitro groups is 1. The highest BCUT2D eigenvalue weighted by atomic mass is 35.5. The van der Waals surface area contributed by atoms with Gasteiger partial charge in [0.25, 0.3) is 11.6 Å². The molecule has 1 heterocycles. The van der Waals surface area contributed by atoms with E-state index in [4.69, 9.17) is 33.3 Å². The third-order valence-corrected chi connectivity index (χ3v) is 5.77. The molecule has 0 aliphatic carbocycles. The summed E-state index contributed by atoms with van der Waals surface area (Å²) in [6, 6.07) is 9.30. The van der Waals surface area contributed by atoms with Crippen molar-refractivity contribution >= 4 is 67.6 Å². The van der Waals surface area contributed by atoms with Crippen molar-refractivity contribution in [1.29, 1.82) is 0 Å². The molecule has 3 rings (SSSR count). The lowest BCUT2D eigenvalue weighted by molar-refractivity contribution is -0.384. The van der Waals surface area contributed by atoms with E-state index in [0.29, 0.717) is 16.5 Å². The Morgan fingerprint density at radius 1 is 1.21 bits per heavy atom. The van der Waals surface area contributed by atoms with Crippen LogP contribution in [0.3, 0.4) is 0 Å². The van der Waals surface area contributed by atoms with Gasteiger partial charge in [-0.1, -0.05) is 11.6 Å². The lowest BCUT2D eigenvalue weighted by Gasteiger charge is -2.12. The number of methoxy groups -OCH3 is 2. The van der Waals surface area contributed by atoms with Gasteiger partial charge in [-0.05, 0) is 36.5 Å². The Kier molecular flexibility index (Phi) is 6.16. The van der Waals surface area contributed by atoms with Crippen molar-refractivity contribution in [2.24, 2.45) is 0 Å². The molecule has 150 valence electrons. The number of benzene rings is 2. The quantitative estimate of drug-likeness (QED) is 0.331. The number of halogens is 1. The number of carbonyl (C=O) groups excluding carboxylic acids is 1. The van der Waals surface area contributed by atoms with E-state index in [9.17, 15) is 14.9 Å². The van der Waals surface area contributed by atoms with Gasteiger partial charge >= 0.3 is 0 Å². The number of nitro benzene ring substituents is 1. The van der Waals surface area contributed by atoms with E-state index in [2.05, 4.69) is 10.6 Å². The molecule has 0 bridgehead atoms. The van der Waals surface area contributed by atoms with E-state index in [0.717, 1.165) is 10.1 Å². The summed E-state index contributed by atoms with van der Waals surface area (Å²) < 4.78 is 11.1. The first-order chi connectivity index (χ1) is 13.8. The van der Waals surface area contributed by atoms with Crippen molar-refractivity contribution in [2.45, 2.75) is 0 Å². The van der Waals surface area contributed by atoms with Crippen LogP contribution in [0.15, 0.2) is 36.4 Å². The highest BCUT2D eigenvalue weighted by Crippen LogP contribution is 2.37. The molecule has 0 spiro atoms. The van der Waals surface area contributed by atoms with E-state index in [1.807, 2.05) is 0 Å². The van der Waals surface area contributed by atoms with Crippen LogP contribution in [0, 0.1) is 10.1 Å². The van der Waals surface area contributed by atoms with Gasteiger partial charge in [0.1, 0.15) is 16.4 Å². The molecule has 3 aromatic rings. The number of hydrogen-bond acceptors (Lipinski definition) is 7. The predicted octanol–water partition coefficient (Wildman–Crippen LogP) is 4.61. The Morgan fingerprint density at radius 3 is 2.62 bits per heavy atom. The maximum Gasteiger partial charge on any atom is 0.271 e. The number of ether oxygens (including phenoxy) is 2. The van der Waals surface area contributed by atoms with Crippen molar-refractivity contribution in [1.82, 2.24) is 5.32 Å². The zero-order valence-corrected chi connectivity index (χ0v) is 17.5. The zero-order valence-electron chi connectivity index (χ0n) is 15.1. The lowest BCUT2D eigenvalue weighted by atomic mass is 10.2. The number of anilines is 1. The summed E-state index contributed by atoms with van der Waals surface area (Å²) in [5.41, 5.74) is 0.100. The van der Waals surface area contributed by atoms with Gasteiger partial charge in [0, 0.05) is 22.2 Å². The molecule has 1 amide bonds. The number of carbonyl (C=O) groups is 1. The van der Waals surface area contributed by atoms with Gasteiger partial charge in [0.05, 0.1) is 29.9 Å². The number of thiocarbonyl (C=S) groups is 1. The fourth-order valence-electron chi connectivity index (χ4n) is 2.54. The van der Waals surface area contributed by atoms with E-state index in [-0.39, 0.29) is 21.4 Å². The van der Waals surface area contributed by atoms with Gasteiger partial charge in [-0.3, -0.25) is 20.2 Å². The molecule has 1 aromatic heterocycles. The summed E-state index contributed by atoms with van der Waals surface area (Å²) in [6.07, 6.45) is 0. The number of fused-ring (bicyclic) bond motifs is 1. The Bertz CT molecular complexity index is 1130. The SMILES string of the molecule is COc1ccc2c(Cl)c(C(=O)NC(=S)Nc3cc([N+](=O)[O-])ccc3OC)sc2c1. The molecule has 0 aliphatic rings. The molecular weight excluding hydrogens is 438 g/mol. The molecule has 0 aliphatic heterocycles. The molecular formula is C18H14ClN3O5S2. The number of nitrogens with zero attached hydrogens (tertiary/aromatic N) is 1. The van der Waals surface area contributed by atoms with Crippen LogP contribution in [0.2, 0.25) is 5.02 Å². The van der Waals surface area contributed by atoms with Gasteiger partial charge < -0.3 is 14.8 Å². The Labute approximate surface area is 179 Å². The number of thiophene rings is 1. The van der Waals surface area contributed by atoms with Crippen LogP contribution in [-0.2, 0) is 0 Å². The van der Waals surface area contributed by atoms with Crippen molar-refractivity contribution < 1.29 is 19.2 Å². The third-order valence-electron chi connectivity index (χ3n) is 3.91. The van der Waals surface area contributed by atoms with Crippen LogP contribution in [0.5, 0.6) is 11.5 Å². The summed E-state index contributed by atoms with van der Waals surface area (Å²) in [5, 5.41) is 17.2. The Hall–Kier alpha value is -2.95. The molecule has 2 aromatic carbocycles. The highest BCUT2D eigenvalue weighted by Gasteiger charge is 2.19. The van der Waals surface area contributed by atoms with Crippen LogP contribution in [0.25, 0.3) is 10.1 Å². The van der Waals surface area contributed by atoms with Crippen LogP contribution >= 0.6 is 35.2 Å². The fraction of sp³-hybridized carbons (Fsp3) is 0.111. The van der Waals surface area contributed by atoms with Gasteiger partial charge in [-0.25, -0.2) is 0 Å². The number of non-ortho nitro benzene ring substituents is 1. The van der Waals surface area contributed by atoms with Crippen molar-refractivity contribution in [3.8, 4) is 11.5 Å². The first-order valence-electron chi connectivity index (χ1n) is 8.05.